The van der Waals surface area contributed by atoms with Gasteiger partial charge < -0.3 is 9.80 Å². The highest BCUT2D eigenvalue weighted by molar-refractivity contribution is 6.09. The quantitative estimate of drug-likeness (QED) is 0.425. The maximum atomic E-state index is 13.2. The van der Waals surface area contributed by atoms with Gasteiger partial charge in [0.15, 0.2) is 0 Å². The van der Waals surface area contributed by atoms with E-state index in [9.17, 15) is 19.2 Å². The molecule has 4 fully saturated rings. The van der Waals surface area contributed by atoms with Crippen LogP contribution in [-0.4, -0.2) is 97.6 Å². The van der Waals surface area contributed by atoms with Crippen molar-refractivity contribution in [3.8, 4) is 0 Å². The number of likely N-dealkylation sites (N-methyl/N-ethyl adjacent to an activating group) is 2. The van der Waals surface area contributed by atoms with Gasteiger partial charge in [0.2, 0.25) is 23.6 Å². The molecule has 0 aromatic carbocycles. The maximum absolute atomic E-state index is 13.2. The minimum Gasteiger partial charge on any atom is -0.308 e. The number of allylic oxidation sites excluding steroid dienone is 2. The third kappa shape index (κ3) is 2.46. The van der Waals surface area contributed by atoms with Crippen LogP contribution in [0, 0.1) is 47.3 Å². The first-order valence-corrected chi connectivity index (χ1v) is 10.9. The van der Waals surface area contributed by atoms with Crippen molar-refractivity contribution in [3.63, 3.8) is 0 Å². The van der Waals surface area contributed by atoms with Crippen molar-refractivity contribution in [1.82, 2.24) is 19.6 Å². The number of rotatable bonds is 6. The molecule has 4 amide bonds. The lowest BCUT2D eigenvalue weighted by atomic mass is 9.40. The number of amides is 4. The zero-order valence-corrected chi connectivity index (χ0v) is 18.0. The molecule has 8 heteroatoms. The molecule has 0 N–H and O–H groups in total. The summed E-state index contributed by atoms with van der Waals surface area (Å²) in [6.45, 7) is 2.08. The van der Waals surface area contributed by atoms with E-state index in [0.717, 1.165) is 0 Å². The number of hydrogen-bond donors (Lipinski definition) is 0. The van der Waals surface area contributed by atoms with Crippen LogP contribution in [0.15, 0.2) is 12.2 Å². The fourth-order valence-electron chi connectivity index (χ4n) is 6.77. The molecule has 4 aliphatic carbocycles. The van der Waals surface area contributed by atoms with E-state index >= 15 is 0 Å². The second-order valence-corrected chi connectivity index (χ2v) is 10.1. The first-order valence-electron chi connectivity index (χ1n) is 10.9. The Morgan fingerprint density at radius 3 is 1.30 bits per heavy atom. The van der Waals surface area contributed by atoms with E-state index in [-0.39, 0.29) is 71.0 Å². The topological polar surface area (TPSA) is 81.2 Å². The highest BCUT2D eigenvalue weighted by Gasteiger charge is 2.74. The van der Waals surface area contributed by atoms with Crippen LogP contribution >= 0.6 is 0 Å². The molecule has 8 nitrogen and oxygen atoms in total. The van der Waals surface area contributed by atoms with Gasteiger partial charge in [0.05, 0.1) is 23.7 Å². The number of carbonyl (C=O) groups excluding carboxylic acids is 4. The predicted molar refractivity (Wildman–Crippen MR) is 108 cm³/mol. The average molecular weight is 415 g/mol. The predicted octanol–water partition coefficient (Wildman–Crippen LogP) is -0.626. The van der Waals surface area contributed by atoms with Crippen molar-refractivity contribution in [2.75, 3.05) is 54.4 Å². The maximum Gasteiger partial charge on any atom is 0.233 e. The van der Waals surface area contributed by atoms with Crippen LogP contribution < -0.4 is 0 Å². The van der Waals surface area contributed by atoms with Crippen molar-refractivity contribution >= 4 is 23.6 Å². The van der Waals surface area contributed by atoms with Crippen molar-refractivity contribution in [2.24, 2.45) is 47.3 Å². The number of hydrogen-bond acceptors (Lipinski definition) is 6. The molecule has 6 aliphatic rings. The van der Waals surface area contributed by atoms with Gasteiger partial charge in [-0.05, 0) is 51.9 Å². The van der Waals surface area contributed by atoms with Gasteiger partial charge >= 0.3 is 0 Å². The van der Waals surface area contributed by atoms with Crippen molar-refractivity contribution in [2.45, 2.75) is 0 Å². The Morgan fingerprint density at radius 2 is 0.967 bits per heavy atom. The monoisotopic (exact) mass is 414 g/mol. The number of carbonyl (C=O) groups is 4. The van der Waals surface area contributed by atoms with E-state index in [1.807, 2.05) is 38.0 Å². The molecule has 8 atom stereocenters. The minimum absolute atomic E-state index is 0.0117. The van der Waals surface area contributed by atoms with Crippen molar-refractivity contribution in [3.05, 3.63) is 12.2 Å². The lowest BCUT2D eigenvalue weighted by Gasteiger charge is -2.60. The number of imide groups is 2. The molecule has 2 saturated heterocycles. The van der Waals surface area contributed by atoms with Gasteiger partial charge in [0, 0.05) is 26.2 Å². The van der Waals surface area contributed by atoms with Gasteiger partial charge in [-0.3, -0.25) is 29.0 Å². The van der Waals surface area contributed by atoms with Gasteiger partial charge in [-0.25, -0.2) is 0 Å². The third-order valence-corrected chi connectivity index (χ3v) is 8.07. The Morgan fingerprint density at radius 1 is 0.633 bits per heavy atom. The third-order valence-electron chi connectivity index (χ3n) is 8.07. The van der Waals surface area contributed by atoms with E-state index in [0.29, 0.717) is 26.2 Å². The first-order chi connectivity index (χ1) is 14.2. The summed E-state index contributed by atoms with van der Waals surface area (Å²) < 4.78 is 0. The lowest BCUT2D eigenvalue weighted by Crippen LogP contribution is -2.63. The molecule has 2 saturated carbocycles. The summed E-state index contributed by atoms with van der Waals surface area (Å²) in [6, 6.07) is 0. The molecule has 0 radical (unpaired) electrons. The number of fused-ring (bicyclic) bond motifs is 1. The first kappa shape index (κ1) is 19.9. The van der Waals surface area contributed by atoms with Crippen LogP contribution in [0.5, 0.6) is 0 Å². The molecule has 2 heterocycles. The normalized spacial score (nSPS) is 41.1. The average Bonchev–Trinajstić information content (AvgIpc) is 3.03. The summed E-state index contributed by atoms with van der Waals surface area (Å²) in [5.74, 6) is -1.90. The molecule has 0 spiro atoms. The summed E-state index contributed by atoms with van der Waals surface area (Å²) in [5.41, 5.74) is 0. The SMILES string of the molecule is CN(C)CCN1C(=O)[C@@H]2[C@@H](C1=O)[C@@H]1[C@@H]3C=C[C@@H]([C@@H]4C(=O)N(CCN(C)C)C(=O)[C@H]34)[C@H]21. The molecule has 6 rings (SSSR count). The summed E-state index contributed by atoms with van der Waals surface area (Å²) in [6.07, 6.45) is 4.12. The van der Waals surface area contributed by atoms with Gasteiger partial charge in [-0.2, -0.15) is 0 Å². The second kappa shape index (κ2) is 6.72. The van der Waals surface area contributed by atoms with Crippen LogP contribution in [0.3, 0.4) is 0 Å². The highest BCUT2D eigenvalue weighted by atomic mass is 16.2. The van der Waals surface area contributed by atoms with E-state index in [1.54, 1.807) is 0 Å². The van der Waals surface area contributed by atoms with E-state index in [2.05, 4.69) is 12.2 Å². The van der Waals surface area contributed by atoms with Crippen LogP contribution in [0.25, 0.3) is 0 Å². The van der Waals surface area contributed by atoms with Gasteiger partial charge in [0.1, 0.15) is 0 Å². The Balaban J connectivity index is 1.41. The lowest BCUT2D eigenvalue weighted by molar-refractivity contribution is -0.166. The standard InChI is InChI=1S/C22H30N4O4/c1-23(2)7-9-25-19(27)15-11-5-6-12(16(15)20(25)28)14-13(11)17-18(14)22(30)26(21(17)29)10-8-24(3)4/h5-6,11-18H,7-10H2,1-4H3/t11-,12+,13+,14-,15+,16-,17-,18-/m0/s1. The van der Waals surface area contributed by atoms with E-state index in [1.165, 1.54) is 9.80 Å². The Hall–Kier alpha value is -2.06. The molecule has 0 aromatic heterocycles. The minimum atomic E-state index is -0.365. The van der Waals surface area contributed by atoms with Crippen LogP contribution in [0.2, 0.25) is 0 Å². The molecule has 0 unspecified atom stereocenters. The fraction of sp³-hybridized carbons (Fsp3) is 0.727. The summed E-state index contributed by atoms with van der Waals surface area (Å²) >= 11 is 0. The smallest absolute Gasteiger partial charge is 0.233 e. The van der Waals surface area contributed by atoms with Gasteiger partial charge in [-0.1, -0.05) is 12.2 Å². The van der Waals surface area contributed by atoms with Gasteiger partial charge in [-0.15, -0.1) is 0 Å². The van der Waals surface area contributed by atoms with E-state index < -0.39 is 0 Å². The highest BCUT2D eigenvalue weighted by Crippen LogP contribution is 2.68. The molecular formula is C22H30N4O4. The fourth-order valence-corrected chi connectivity index (χ4v) is 6.77. The summed E-state index contributed by atoms with van der Waals surface area (Å²) in [4.78, 5) is 59.4. The molecule has 2 aliphatic heterocycles. The van der Waals surface area contributed by atoms with E-state index in [4.69, 9.17) is 0 Å². The van der Waals surface area contributed by atoms with Crippen LogP contribution in [-0.2, 0) is 19.2 Å². The van der Waals surface area contributed by atoms with Crippen LogP contribution in [0.4, 0.5) is 0 Å². The molecular weight excluding hydrogens is 384 g/mol. The molecule has 162 valence electrons. The van der Waals surface area contributed by atoms with Crippen molar-refractivity contribution < 1.29 is 19.2 Å². The molecule has 2 bridgehead atoms. The summed E-state index contributed by atoms with van der Waals surface area (Å²) in [7, 11) is 7.68. The van der Waals surface area contributed by atoms with Crippen molar-refractivity contribution in [1.29, 1.82) is 0 Å². The number of likely N-dealkylation sites (tertiary alicyclic amines) is 2. The zero-order chi connectivity index (χ0) is 21.5. The second-order valence-electron chi connectivity index (χ2n) is 10.1. The Kier molecular flexibility index (Phi) is 4.45. The molecule has 30 heavy (non-hydrogen) atoms. The zero-order valence-electron chi connectivity index (χ0n) is 18.0. The van der Waals surface area contributed by atoms with Crippen LogP contribution in [0.1, 0.15) is 0 Å². The Bertz CT molecular complexity index is 796. The number of nitrogens with zero attached hydrogens (tertiary/aromatic N) is 4. The largest absolute Gasteiger partial charge is 0.308 e. The Labute approximate surface area is 176 Å². The van der Waals surface area contributed by atoms with Gasteiger partial charge in [0.25, 0.3) is 0 Å². The summed E-state index contributed by atoms with van der Waals surface area (Å²) in [5, 5.41) is 0. The molecule has 0 aromatic rings.